The molecular formula is C26H44N2O3. The molecular weight excluding hydrogens is 388 g/mol. The standard InChI is InChI=1S/C26H44N2O3/c1-18(6-3-4-13-28-25(31)17-27)23-10-11-24-20(7-5-12-26(23,24)2)9-8-19-14-21(29)16-22(30)15-19/h8-9,18,21-24,29-30H,3-7,10-17,27H2,1-2H3,(H,28,31)/b20-9+/t18-,21-,22-,23-,24+,26-/m1/s1. The van der Waals surface area contributed by atoms with E-state index in [4.69, 9.17) is 5.73 Å². The molecule has 0 bridgehead atoms. The SMILES string of the molecule is C[C@H](CCCCNC(=O)CN)[C@H]1CC[C@H]2/C(=C/C=C3C[C@@H](O)C[C@H](O)C3)CCC[C@]12C. The fourth-order valence-electron chi connectivity index (χ4n) is 6.84. The summed E-state index contributed by atoms with van der Waals surface area (Å²) in [6, 6.07) is 0. The molecule has 0 aromatic carbocycles. The van der Waals surface area contributed by atoms with Crippen LogP contribution in [-0.4, -0.2) is 41.4 Å². The Labute approximate surface area is 188 Å². The normalized spacial score (nSPS) is 35.6. The van der Waals surface area contributed by atoms with Crippen molar-refractivity contribution in [3.63, 3.8) is 0 Å². The van der Waals surface area contributed by atoms with Crippen molar-refractivity contribution in [2.24, 2.45) is 28.9 Å². The number of allylic oxidation sites excluding steroid dienone is 3. The number of nitrogens with two attached hydrogens (primary N) is 1. The molecule has 176 valence electrons. The molecule has 1 amide bonds. The minimum Gasteiger partial charge on any atom is -0.393 e. The molecule has 0 aliphatic heterocycles. The van der Waals surface area contributed by atoms with Crippen molar-refractivity contribution >= 4 is 5.91 Å². The Morgan fingerprint density at radius 1 is 1.23 bits per heavy atom. The van der Waals surface area contributed by atoms with Crippen LogP contribution in [0, 0.1) is 23.2 Å². The first kappa shape index (κ1) is 24.5. The van der Waals surface area contributed by atoms with Crippen LogP contribution in [0.15, 0.2) is 23.3 Å². The zero-order valence-electron chi connectivity index (χ0n) is 19.6. The number of nitrogens with one attached hydrogen (secondary N) is 1. The zero-order chi connectivity index (χ0) is 22.4. The van der Waals surface area contributed by atoms with Gasteiger partial charge >= 0.3 is 0 Å². The average molecular weight is 433 g/mol. The van der Waals surface area contributed by atoms with Crippen LogP contribution >= 0.6 is 0 Å². The average Bonchev–Trinajstić information content (AvgIpc) is 3.08. The Bertz CT molecular complexity index is 662. The van der Waals surface area contributed by atoms with Crippen molar-refractivity contribution in [3.8, 4) is 0 Å². The Hall–Kier alpha value is -1.17. The van der Waals surface area contributed by atoms with E-state index in [1.54, 1.807) is 5.57 Å². The van der Waals surface area contributed by atoms with Crippen molar-refractivity contribution in [1.29, 1.82) is 0 Å². The number of fused-ring (bicyclic) bond motifs is 1. The number of rotatable bonds is 8. The van der Waals surface area contributed by atoms with Crippen LogP contribution in [0.1, 0.15) is 84.5 Å². The molecule has 5 nitrogen and oxygen atoms in total. The third kappa shape index (κ3) is 6.21. The monoisotopic (exact) mass is 432 g/mol. The highest BCUT2D eigenvalue weighted by atomic mass is 16.3. The third-order valence-corrected chi connectivity index (χ3v) is 8.39. The number of carbonyl (C=O) groups is 1. The van der Waals surface area contributed by atoms with Gasteiger partial charge in [-0.1, -0.05) is 50.0 Å². The van der Waals surface area contributed by atoms with E-state index in [1.807, 2.05) is 0 Å². The molecule has 3 saturated carbocycles. The first-order valence-corrected chi connectivity index (χ1v) is 12.5. The van der Waals surface area contributed by atoms with Crippen LogP contribution in [0.4, 0.5) is 0 Å². The predicted molar refractivity (Wildman–Crippen MR) is 125 cm³/mol. The lowest BCUT2D eigenvalue weighted by Gasteiger charge is -2.44. The minimum atomic E-state index is -0.398. The number of aliphatic hydroxyl groups is 2. The van der Waals surface area contributed by atoms with Gasteiger partial charge in [-0.15, -0.1) is 0 Å². The zero-order valence-corrected chi connectivity index (χ0v) is 19.6. The van der Waals surface area contributed by atoms with Crippen LogP contribution < -0.4 is 11.1 Å². The van der Waals surface area contributed by atoms with Crippen molar-refractivity contribution < 1.29 is 15.0 Å². The lowest BCUT2D eigenvalue weighted by molar-refractivity contribution is -0.119. The number of amides is 1. The molecule has 5 heteroatoms. The molecule has 0 aromatic rings. The molecule has 31 heavy (non-hydrogen) atoms. The van der Waals surface area contributed by atoms with Crippen LogP contribution in [0.2, 0.25) is 0 Å². The Kier molecular flexibility index (Phi) is 8.77. The molecule has 0 saturated heterocycles. The predicted octanol–water partition coefficient (Wildman–Crippen LogP) is 3.84. The highest BCUT2D eigenvalue weighted by molar-refractivity contribution is 5.77. The van der Waals surface area contributed by atoms with E-state index < -0.39 is 12.2 Å². The summed E-state index contributed by atoms with van der Waals surface area (Å²) in [4.78, 5) is 11.3. The second-order valence-electron chi connectivity index (χ2n) is 10.6. The van der Waals surface area contributed by atoms with Crippen molar-refractivity contribution in [3.05, 3.63) is 23.3 Å². The van der Waals surface area contributed by atoms with E-state index >= 15 is 0 Å². The molecule has 0 spiro atoms. The van der Waals surface area contributed by atoms with Crippen LogP contribution in [0.25, 0.3) is 0 Å². The number of aliphatic hydroxyl groups excluding tert-OH is 2. The summed E-state index contributed by atoms with van der Waals surface area (Å²) in [6.45, 7) is 5.77. The van der Waals surface area contributed by atoms with Gasteiger partial charge in [-0.25, -0.2) is 0 Å². The van der Waals surface area contributed by atoms with Gasteiger partial charge in [0.15, 0.2) is 0 Å². The quantitative estimate of drug-likeness (QED) is 0.438. The van der Waals surface area contributed by atoms with Crippen molar-refractivity contribution in [1.82, 2.24) is 5.32 Å². The van der Waals surface area contributed by atoms with E-state index in [0.29, 0.717) is 36.5 Å². The van der Waals surface area contributed by atoms with Gasteiger partial charge in [-0.3, -0.25) is 4.79 Å². The van der Waals surface area contributed by atoms with E-state index in [0.717, 1.165) is 25.3 Å². The molecule has 0 unspecified atom stereocenters. The fourth-order valence-corrected chi connectivity index (χ4v) is 6.84. The minimum absolute atomic E-state index is 0.0621. The maximum atomic E-state index is 11.3. The van der Waals surface area contributed by atoms with Crippen molar-refractivity contribution in [2.75, 3.05) is 13.1 Å². The van der Waals surface area contributed by atoms with E-state index in [2.05, 4.69) is 31.3 Å². The van der Waals surface area contributed by atoms with E-state index in [-0.39, 0.29) is 12.5 Å². The molecule has 5 N–H and O–H groups in total. The molecule has 3 aliphatic rings. The van der Waals surface area contributed by atoms with Gasteiger partial charge in [-0.2, -0.15) is 0 Å². The summed E-state index contributed by atoms with van der Waals surface area (Å²) in [5.74, 6) is 2.09. The van der Waals surface area contributed by atoms with E-state index in [9.17, 15) is 15.0 Å². The van der Waals surface area contributed by atoms with Gasteiger partial charge in [0.2, 0.25) is 5.91 Å². The molecule has 0 aromatic heterocycles. The highest BCUT2D eigenvalue weighted by Gasteiger charge is 2.50. The second-order valence-corrected chi connectivity index (χ2v) is 10.6. The molecule has 0 radical (unpaired) electrons. The Morgan fingerprint density at radius 2 is 1.97 bits per heavy atom. The van der Waals surface area contributed by atoms with Crippen LogP contribution in [0.3, 0.4) is 0 Å². The second kappa shape index (κ2) is 11.1. The summed E-state index contributed by atoms with van der Waals surface area (Å²) in [5, 5.41) is 22.8. The smallest absolute Gasteiger partial charge is 0.233 e. The van der Waals surface area contributed by atoms with Gasteiger partial charge in [0, 0.05) is 6.54 Å². The lowest BCUT2D eigenvalue weighted by Crippen LogP contribution is -2.36. The van der Waals surface area contributed by atoms with E-state index in [1.165, 1.54) is 44.1 Å². The third-order valence-electron chi connectivity index (χ3n) is 8.39. The molecule has 3 aliphatic carbocycles. The topological polar surface area (TPSA) is 95.6 Å². The lowest BCUT2D eigenvalue weighted by atomic mass is 9.60. The first-order valence-electron chi connectivity index (χ1n) is 12.5. The number of hydrogen-bond donors (Lipinski definition) is 4. The van der Waals surface area contributed by atoms with Gasteiger partial charge in [0.1, 0.15) is 0 Å². The number of unbranched alkanes of at least 4 members (excludes halogenated alkanes) is 1. The van der Waals surface area contributed by atoms with Crippen LogP contribution in [-0.2, 0) is 4.79 Å². The van der Waals surface area contributed by atoms with Gasteiger partial charge < -0.3 is 21.3 Å². The summed E-state index contributed by atoms with van der Waals surface area (Å²) in [5.41, 5.74) is 8.51. The van der Waals surface area contributed by atoms with Gasteiger partial charge in [0.25, 0.3) is 0 Å². The molecule has 6 atom stereocenters. The Morgan fingerprint density at radius 3 is 2.68 bits per heavy atom. The summed E-state index contributed by atoms with van der Waals surface area (Å²) in [6.07, 6.45) is 15.5. The largest absolute Gasteiger partial charge is 0.393 e. The van der Waals surface area contributed by atoms with Crippen molar-refractivity contribution in [2.45, 2.75) is 96.7 Å². The van der Waals surface area contributed by atoms with Crippen LogP contribution in [0.5, 0.6) is 0 Å². The maximum Gasteiger partial charge on any atom is 0.233 e. The fraction of sp³-hybridized carbons (Fsp3) is 0.808. The number of carbonyl (C=O) groups excluding carboxylic acids is 1. The highest BCUT2D eigenvalue weighted by Crippen LogP contribution is 2.59. The Balaban J connectivity index is 1.57. The summed E-state index contributed by atoms with van der Waals surface area (Å²) < 4.78 is 0. The first-order chi connectivity index (χ1) is 14.8. The number of hydrogen-bond acceptors (Lipinski definition) is 4. The summed E-state index contributed by atoms with van der Waals surface area (Å²) >= 11 is 0. The summed E-state index contributed by atoms with van der Waals surface area (Å²) in [7, 11) is 0. The molecule has 3 fully saturated rings. The van der Waals surface area contributed by atoms with Gasteiger partial charge in [0.05, 0.1) is 18.8 Å². The van der Waals surface area contributed by atoms with Gasteiger partial charge in [-0.05, 0) is 81.0 Å². The molecule has 3 rings (SSSR count). The maximum absolute atomic E-state index is 11.3. The molecule has 0 heterocycles.